The van der Waals surface area contributed by atoms with E-state index in [1.165, 1.54) is 0 Å². The lowest BCUT2D eigenvalue weighted by atomic mass is 9.68. The number of aliphatic hydroxyl groups excluding tert-OH is 1. The molecule has 3 N–H and O–H groups in total. The van der Waals surface area contributed by atoms with E-state index in [0.29, 0.717) is 91.4 Å². The summed E-state index contributed by atoms with van der Waals surface area (Å²) in [4.78, 5) is 26.4. The van der Waals surface area contributed by atoms with Gasteiger partial charge in [0.05, 0.1) is 35.5 Å². The average Bonchev–Trinajstić information content (AvgIpc) is 3.90. The number of aliphatic carboxylic acids is 1. The first-order chi connectivity index (χ1) is 26.7. The molecule has 0 amide bonds. The van der Waals surface area contributed by atoms with Crippen LogP contribution in [0.15, 0.2) is 65.1 Å². The minimum absolute atomic E-state index is 0.224. The minimum Gasteiger partial charge on any atom is -0.481 e. The first-order valence-electron chi connectivity index (χ1n) is 18.7. The highest BCUT2D eigenvalue weighted by molar-refractivity contribution is 5.81. The highest BCUT2D eigenvalue weighted by Gasteiger charge is 2.39. The number of halogens is 3. The Hall–Kier alpha value is -5.49. The molecule has 3 atom stereocenters. The van der Waals surface area contributed by atoms with Crippen LogP contribution in [-0.2, 0) is 17.5 Å². The van der Waals surface area contributed by atoms with Crippen molar-refractivity contribution in [2.75, 3.05) is 44.7 Å². The Bertz CT molecular complexity index is 2430. The predicted octanol–water partition coefficient (Wildman–Crippen LogP) is 5.38. The van der Waals surface area contributed by atoms with Crippen LogP contribution in [0.4, 0.5) is 24.5 Å². The van der Waals surface area contributed by atoms with E-state index in [2.05, 4.69) is 40.0 Å². The normalized spacial score (nSPS) is 22.3. The second-order valence-corrected chi connectivity index (χ2v) is 15.7. The van der Waals surface area contributed by atoms with Gasteiger partial charge in [-0.15, -0.1) is 0 Å². The van der Waals surface area contributed by atoms with E-state index in [1.54, 1.807) is 12.3 Å². The van der Waals surface area contributed by atoms with Crippen molar-refractivity contribution in [3.63, 3.8) is 0 Å². The first-order valence-corrected chi connectivity index (χ1v) is 18.7. The summed E-state index contributed by atoms with van der Waals surface area (Å²) in [5.41, 5.74) is 3.36. The molecule has 8 rings (SSSR count). The first kappa shape index (κ1) is 37.4. The number of hydrogen-bond donors (Lipinski definition) is 3. The molecule has 4 aromatic rings. The van der Waals surface area contributed by atoms with Gasteiger partial charge in [-0.2, -0.15) is 18.4 Å². The Morgan fingerprint density at radius 3 is 2.66 bits per heavy atom. The number of hydrogen-bond acceptors (Lipinski definition) is 10. The van der Waals surface area contributed by atoms with Crippen LogP contribution < -0.4 is 15.9 Å². The number of fused-ring (bicyclic) bond motifs is 2. The molecule has 2 aromatic heterocycles. The van der Waals surface area contributed by atoms with Crippen molar-refractivity contribution >= 4 is 46.3 Å². The number of aromatic nitrogens is 2. The van der Waals surface area contributed by atoms with Gasteiger partial charge in [-0.3, -0.25) is 14.6 Å². The number of oxazole rings is 1. The van der Waals surface area contributed by atoms with Crippen LogP contribution in [0.2, 0.25) is 0 Å². The van der Waals surface area contributed by atoms with E-state index in [-0.39, 0.29) is 11.3 Å². The molecule has 0 radical (unpaired) electrons. The number of nitriles is 1. The number of carbonyl (C=O) groups is 1. The SMILES string of the molecule is CC1(C)C(c2cccc(Nc3cc(C(F)(F)F)nc4c3=CCN(CN3CCC(O)C3)C=4)c2)=CC=CC1c1nc2cc(CN3CCC(C(=O)O)C3)cc(C#N)c2o1. The lowest BCUT2D eigenvalue weighted by Crippen LogP contribution is -2.43. The molecule has 14 heteroatoms. The quantitative estimate of drug-likeness (QED) is 0.202. The zero-order chi connectivity index (χ0) is 39.4. The second-order valence-electron chi connectivity index (χ2n) is 15.7. The summed E-state index contributed by atoms with van der Waals surface area (Å²) >= 11 is 0. The summed E-state index contributed by atoms with van der Waals surface area (Å²) in [5.74, 6) is -1.06. The van der Waals surface area contributed by atoms with Gasteiger partial charge in [-0.05, 0) is 66.4 Å². The number of pyridine rings is 1. The largest absolute Gasteiger partial charge is 0.481 e. The number of rotatable bonds is 9. The number of benzene rings is 2. The second kappa shape index (κ2) is 14.5. The van der Waals surface area contributed by atoms with Crippen molar-refractivity contribution in [3.05, 3.63) is 99.5 Å². The van der Waals surface area contributed by atoms with Crippen LogP contribution in [0.25, 0.3) is 28.9 Å². The number of carboxylic acids is 1. The Kier molecular flexibility index (Phi) is 9.72. The molecule has 0 bridgehead atoms. The molecule has 1 aliphatic carbocycles. The van der Waals surface area contributed by atoms with Crippen molar-refractivity contribution in [1.29, 1.82) is 5.26 Å². The summed E-state index contributed by atoms with van der Waals surface area (Å²) in [7, 11) is 0. The van der Waals surface area contributed by atoms with Gasteiger partial charge in [0, 0.05) is 60.9 Å². The maximum Gasteiger partial charge on any atom is 0.433 e. The topological polar surface area (TPSA) is 142 Å². The molecule has 11 nitrogen and oxygen atoms in total. The molecule has 290 valence electrons. The molecule has 2 aromatic carbocycles. The zero-order valence-electron chi connectivity index (χ0n) is 31.1. The van der Waals surface area contributed by atoms with Gasteiger partial charge in [-0.25, -0.2) is 9.97 Å². The Morgan fingerprint density at radius 1 is 1.11 bits per heavy atom. The number of aliphatic hydroxyl groups is 1. The standard InChI is InChI=1S/C42H42F3N7O4/c1-41(2)32(7-4-8-33(41)39-49-35-16-25(15-28(19-46)38(35)56-39)20-50-12-9-27(21-50)40(54)55)26-5-3-6-29(17-26)47-34-18-37(42(43,44)45)48-36-23-52(14-11-31(34)36)24-51-13-10-30(53)22-51/h3-8,11,15-18,23,27,30,33,47,53H,9-10,12-14,20-22,24H2,1-2H3,(H,54,55). The van der Waals surface area contributed by atoms with E-state index >= 15 is 0 Å². The summed E-state index contributed by atoms with van der Waals surface area (Å²) < 4.78 is 48.7. The summed E-state index contributed by atoms with van der Waals surface area (Å²) in [5, 5.41) is 33.5. The molecule has 56 heavy (non-hydrogen) atoms. The van der Waals surface area contributed by atoms with Gasteiger partial charge in [0.15, 0.2) is 5.58 Å². The van der Waals surface area contributed by atoms with Crippen LogP contribution in [0, 0.1) is 22.7 Å². The van der Waals surface area contributed by atoms with Gasteiger partial charge in [0.1, 0.15) is 17.3 Å². The summed E-state index contributed by atoms with van der Waals surface area (Å²) in [6, 6.07) is 14.5. The molecular weight excluding hydrogens is 724 g/mol. The van der Waals surface area contributed by atoms with Gasteiger partial charge in [0.2, 0.25) is 5.89 Å². The number of likely N-dealkylation sites (tertiary alicyclic amines) is 2. The fourth-order valence-corrected chi connectivity index (χ4v) is 8.38. The van der Waals surface area contributed by atoms with Crippen molar-refractivity contribution in [1.82, 2.24) is 24.7 Å². The van der Waals surface area contributed by atoms with Crippen LogP contribution in [0.5, 0.6) is 0 Å². The Labute approximate surface area is 321 Å². The summed E-state index contributed by atoms with van der Waals surface area (Å²) in [6.45, 7) is 7.99. The average molecular weight is 766 g/mol. The van der Waals surface area contributed by atoms with Gasteiger partial charge < -0.3 is 24.8 Å². The number of alkyl halides is 3. The fraction of sp³-hybridized carbons (Fsp3) is 0.381. The van der Waals surface area contributed by atoms with Gasteiger partial charge in [0.25, 0.3) is 0 Å². The lowest BCUT2D eigenvalue weighted by Gasteiger charge is -2.35. The fourth-order valence-electron chi connectivity index (χ4n) is 8.38. The van der Waals surface area contributed by atoms with E-state index < -0.39 is 35.3 Å². The van der Waals surface area contributed by atoms with Crippen LogP contribution in [0.1, 0.15) is 60.9 Å². The lowest BCUT2D eigenvalue weighted by molar-refractivity contribution is -0.142. The van der Waals surface area contributed by atoms with E-state index in [0.717, 1.165) is 29.3 Å². The Morgan fingerprint density at radius 2 is 1.93 bits per heavy atom. The Balaban J connectivity index is 1.05. The molecule has 2 saturated heterocycles. The maximum atomic E-state index is 14.1. The van der Waals surface area contributed by atoms with Crippen LogP contribution in [-0.4, -0.2) is 86.3 Å². The smallest absolute Gasteiger partial charge is 0.433 e. The third-order valence-electron chi connectivity index (χ3n) is 11.3. The molecule has 5 heterocycles. The molecule has 0 saturated carbocycles. The molecule has 2 fully saturated rings. The molecule has 0 spiro atoms. The van der Waals surface area contributed by atoms with Crippen LogP contribution >= 0.6 is 0 Å². The number of carboxylic acid groups (broad SMARTS) is 1. The van der Waals surface area contributed by atoms with Crippen molar-refractivity contribution in [3.8, 4) is 6.07 Å². The highest BCUT2D eigenvalue weighted by atomic mass is 19.4. The highest BCUT2D eigenvalue weighted by Crippen LogP contribution is 2.49. The third-order valence-corrected chi connectivity index (χ3v) is 11.3. The van der Waals surface area contributed by atoms with E-state index in [9.17, 15) is 33.4 Å². The monoisotopic (exact) mass is 765 g/mol. The van der Waals surface area contributed by atoms with Crippen molar-refractivity contribution in [2.45, 2.75) is 51.4 Å². The summed E-state index contributed by atoms with van der Waals surface area (Å²) in [6.07, 6.45) is 5.72. The molecular formula is C42H42F3N7O4. The number of β-amino-alcohol motifs (C(OH)–C–C–N with tert-alkyl or cyclic N) is 1. The molecule has 3 unspecified atom stereocenters. The third kappa shape index (κ3) is 7.42. The molecule has 4 aliphatic rings. The molecule has 3 aliphatic heterocycles. The van der Waals surface area contributed by atoms with Crippen molar-refractivity contribution in [2.24, 2.45) is 11.3 Å². The number of nitrogens with zero attached hydrogens (tertiary/aromatic N) is 6. The number of anilines is 2. The maximum absolute atomic E-state index is 14.1. The van der Waals surface area contributed by atoms with Crippen molar-refractivity contribution < 1.29 is 32.6 Å². The predicted molar refractivity (Wildman–Crippen MR) is 204 cm³/mol. The zero-order valence-corrected chi connectivity index (χ0v) is 31.1. The van der Waals surface area contributed by atoms with Crippen LogP contribution in [0.3, 0.4) is 0 Å². The van der Waals surface area contributed by atoms with Gasteiger partial charge in [-0.1, -0.05) is 50.3 Å². The number of allylic oxidation sites excluding steroid dienone is 4. The number of nitrogens with one attached hydrogen (secondary N) is 1. The van der Waals surface area contributed by atoms with E-state index in [4.69, 9.17) is 9.40 Å². The van der Waals surface area contributed by atoms with E-state index in [1.807, 2.05) is 59.5 Å². The minimum atomic E-state index is -4.65. The van der Waals surface area contributed by atoms with Gasteiger partial charge >= 0.3 is 12.1 Å².